The lowest BCUT2D eigenvalue weighted by Crippen LogP contribution is -2.38. The predicted octanol–water partition coefficient (Wildman–Crippen LogP) is 2.64. The lowest BCUT2D eigenvalue weighted by Gasteiger charge is -2.23. The van der Waals surface area contributed by atoms with Crippen molar-refractivity contribution >= 4 is 29.3 Å². The third kappa shape index (κ3) is 4.41. The predicted molar refractivity (Wildman–Crippen MR) is 80.8 cm³/mol. The van der Waals surface area contributed by atoms with Crippen molar-refractivity contribution in [3.05, 3.63) is 29.3 Å². The largest absolute Gasteiger partial charge is 0.341 e. The average Bonchev–Trinajstić information content (AvgIpc) is 2.94. The van der Waals surface area contributed by atoms with Crippen LogP contribution in [0.25, 0.3) is 0 Å². The maximum atomic E-state index is 12.0. The lowest BCUT2D eigenvalue weighted by molar-refractivity contribution is -0.131. The second kappa shape index (κ2) is 7.17. The van der Waals surface area contributed by atoms with Gasteiger partial charge in [0.05, 0.1) is 0 Å². The molecule has 19 heavy (non-hydrogen) atoms. The van der Waals surface area contributed by atoms with Gasteiger partial charge in [0.25, 0.3) is 0 Å². The van der Waals surface area contributed by atoms with Crippen molar-refractivity contribution in [2.24, 2.45) is 0 Å². The first-order chi connectivity index (χ1) is 9.16. The van der Waals surface area contributed by atoms with Crippen LogP contribution in [0.4, 0.5) is 0 Å². The van der Waals surface area contributed by atoms with Crippen LogP contribution in [-0.4, -0.2) is 42.7 Å². The Kier molecular flexibility index (Phi) is 5.55. The van der Waals surface area contributed by atoms with E-state index >= 15 is 0 Å². The topological polar surface area (TPSA) is 32.3 Å². The number of hydrogen-bond donors (Lipinski definition) is 1. The Morgan fingerprint density at radius 2 is 2.21 bits per heavy atom. The first kappa shape index (κ1) is 14.7. The van der Waals surface area contributed by atoms with E-state index in [0.29, 0.717) is 12.5 Å². The molecule has 0 saturated carbocycles. The van der Waals surface area contributed by atoms with Crippen LogP contribution in [0.3, 0.4) is 0 Å². The van der Waals surface area contributed by atoms with Crippen molar-refractivity contribution in [3.63, 3.8) is 0 Å². The molecular weight excluding hydrogens is 280 g/mol. The zero-order chi connectivity index (χ0) is 13.7. The molecule has 0 aromatic heterocycles. The van der Waals surface area contributed by atoms with Gasteiger partial charge in [-0.15, -0.1) is 11.8 Å². The Bertz CT molecular complexity index is 418. The van der Waals surface area contributed by atoms with Crippen LogP contribution in [0.1, 0.15) is 12.8 Å². The maximum absolute atomic E-state index is 12.0. The van der Waals surface area contributed by atoms with E-state index in [1.54, 1.807) is 11.8 Å². The summed E-state index contributed by atoms with van der Waals surface area (Å²) in [5, 5.41) is 4.03. The van der Waals surface area contributed by atoms with Crippen LogP contribution < -0.4 is 5.32 Å². The summed E-state index contributed by atoms with van der Waals surface area (Å²) < 4.78 is 0. The fourth-order valence-electron chi connectivity index (χ4n) is 2.14. The van der Waals surface area contributed by atoms with Gasteiger partial charge in [-0.3, -0.25) is 4.79 Å². The molecule has 2 rings (SSSR count). The number of likely N-dealkylation sites (N-methyl/N-ethyl adjacent to an activating group) is 1. The molecule has 1 aromatic rings. The highest BCUT2D eigenvalue weighted by Crippen LogP contribution is 2.21. The zero-order valence-corrected chi connectivity index (χ0v) is 12.6. The van der Waals surface area contributed by atoms with Gasteiger partial charge in [-0.25, -0.2) is 0 Å². The number of nitrogens with zero attached hydrogens (tertiary/aromatic N) is 1. The van der Waals surface area contributed by atoms with Crippen LogP contribution in [0.2, 0.25) is 5.02 Å². The van der Waals surface area contributed by atoms with Crippen molar-refractivity contribution in [1.82, 2.24) is 10.2 Å². The Labute approximate surface area is 123 Å². The minimum Gasteiger partial charge on any atom is -0.341 e. The number of nitrogens with one attached hydrogen (secondary N) is 1. The zero-order valence-electron chi connectivity index (χ0n) is 11.1. The van der Waals surface area contributed by atoms with Crippen LogP contribution in [0.5, 0.6) is 0 Å². The number of amides is 1. The third-order valence-electron chi connectivity index (χ3n) is 3.37. The Morgan fingerprint density at radius 1 is 1.47 bits per heavy atom. The Balaban J connectivity index is 1.72. The van der Waals surface area contributed by atoms with E-state index in [1.807, 2.05) is 36.2 Å². The molecule has 3 nitrogen and oxygen atoms in total. The minimum absolute atomic E-state index is 0.232. The van der Waals surface area contributed by atoms with Crippen molar-refractivity contribution in [2.75, 3.05) is 25.9 Å². The van der Waals surface area contributed by atoms with Gasteiger partial charge in [0.1, 0.15) is 0 Å². The number of halogens is 1. The summed E-state index contributed by atoms with van der Waals surface area (Å²) in [5.41, 5.74) is 0. The molecule has 1 unspecified atom stereocenters. The average molecular weight is 299 g/mol. The molecule has 5 heteroatoms. The molecule has 1 aromatic carbocycles. The van der Waals surface area contributed by atoms with E-state index in [4.69, 9.17) is 11.6 Å². The molecule has 1 atom stereocenters. The molecular formula is C14H19ClN2OS. The summed E-state index contributed by atoms with van der Waals surface area (Å²) in [7, 11) is 1.91. The van der Waals surface area contributed by atoms with Crippen molar-refractivity contribution < 1.29 is 4.79 Å². The van der Waals surface area contributed by atoms with Gasteiger partial charge in [0, 0.05) is 41.7 Å². The number of thioether (sulfide) groups is 1. The molecule has 1 fully saturated rings. The number of benzene rings is 1. The van der Waals surface area contributed by atoms with E-state index in [0.717, 1.165) is 35.2 Å². The highest BCUT2D eigenvalue weighted by Gasteiger charge is 2.22. The standard InChI is InChI=1S/C14H19ClN2OS/c1-17(12-6-8-16-10-12)14(18)7-9-19-13-4-2-11(15)3-5-13/h2-5,12,16H,6-10H2,1H3. The normalized spacial score (nSPS) is 18.5. The summed E-state index contributed by atoms with van der Waals surface area (Å²) in [5.74, 6) is 1.04. The van der Waals surface area contributed by atoms with Crippen LogP contribution >= 0.6 is 23.4 Å². The quantitative estimate of drug-likeness (QED) is 0.848. The summed E-state index contributed by atoms with van der Waals surface area (Å²) in [6.07, 6.45) is 1.65. The molecule has 0 radical (unpaired) electrons. The molecule has 1 heterocycles. The van der Waals surface area contributed by atoms with E-state index in [2.05, 4.69) is 5.32 Å². The van der Waals surface area contributed by atoms with E-state index in [-0.39, 0.29) is 5.91 Å². The number of hydrogen-bond acceptors (Lipinski definition) is 3. The monoisotopic (exact) mass is 298 g/mol. The molecule has 0 spiro atoms. The van der Waals surface area contributed by atoms with Crippen molar-refractivity contribution in [1.29, 1.82) is 0 Å². The van der Waals surface area contributed by atoms with Crippen LogP contribution in [0.15, 0.2) is 29.2 Å². The molecule has 1 saturated heterocycles. The summed E-state index contributed by atoms with van der Waals surface area (Å²) in [6, 6.07) is 8.10. The number of rotatable bonds is 5. The molecule has 1 aliphatic rings. The maximum Gasteiger partial charge on any atom is 0.223 e. The molecule has 1 aliphatic heterocycles. The van der Waals surface area contributed by atoms with Gasteiger partial charge >= 0.3 is 0 Å². The van der Waals surface area contributed by atoms with Gasteiger partial charge in [-0.2, -0.15) is 0 Å². The van der Waals surface area contributed by atoms with Gasteiger partial charge in [-0.05, 0) is 37.2 Å². The Hall–Kier alpha value is -0.710. The summed E-state index contributed by atoms with van der Waals surface area (Å²) >= 11 is 7.53. The van der Waals surface area contributed by atoms with Gasteiger partial charge in [0.15, 0.2) is 0 Å². The smallest absolute Gasteiger partial charge is 0.223 e. The molecule has 104 valence electrons. The number of carbonyl (C=O) groups excluding carboxylic acids is 1. The first-order valence-electron chi connectivity index (χ1n) is 6.51. The SMILES string of the molecule is CN(C(=O)CCSc1ccc(Cl)cc1)C1CCNC1. The second-order valence-electron chi connectivity index (χ2n) is 4.70. The van der Waals surface area contributed by atoms with Crippen molar-refractivity contribution in [2.45, 2.75) is 23.8 Å². The fourth-order valence-corrected chi connectivity index (χ4v) is 3.10. The fraction of sp³-hybridized carbons (Fsp3) is 0.500. The summed E-state index contributed by atoms with van der Waals surface area (Å²) in [6.45, 7) is 1.94. The highest BCUT2D eigenvalue weighted by atomic mass is 35.5. The van der Waals surface area contributed by atoms with Gasteiger partial charge < -0.3 is 10.2 Å². The molecule has 0 aliphatic carbocycles. The molecule has 1 N–H and O–H groups in total. The van der Waals surface area contributed by atoms with Gasteiger partial charge in [0.2, 0.25) is 5.91 Å². The van der Waals surface area contributed by atoms with E-state index in [9.17, 15) is 4.79 Å². The van der Waals surface area contributed by atoms with Crippen molar-refractivity contribution in [3.8, 4) is 0 Å². The number of carbonyl (C=O) groups is 1. The van der Waals surface area contributed by atoms with Gasteiger partial charge in [-0.1, -0.05) is 11.6 Å². The third-order valence-corrected chi connectivity index (χ3v) is 4.64. The minimum atomic E-state index is 0.232. The van der Waals surface area contributed by atoms with E-state index in [1.165, 1.54) is 0 Å². The summed E-state index contributed by atoms with van der Waals surface area (Å²) in [4.78, 5) is 15.1. The van der Waals surface area contributed by atoms with Crippen LogP contribution in [-0.2, 0) is 4.79 Å². The van der Waals surface area contributed by atoms with E-state index < -0.39 is 0 Å². The second-order valence-corrected chi connectivity index (χ2v) is 6.31. The Morgan fingerprint density at radius 3 is 2.84 bits per heavy atom. The highest BCUT2D eigenvalue weighted by molar-refractivity contribution is 7.99. The van der Waals surface area contributed by atoms with Crippen LogP contribution in [0, 0.1) is 0 Å². The first-order valence-corrected chi connectivity index (χ1v) is 7.88. The lowest BCUT2D eigenvalue weighted by atomic mass is 10.2. The molecule has 1 amide bonds. The molecule has 0 bridgehead atoms.